The summed E-state index contributed by atoms with van der Waals surface area (Å²) in [5.41, 5.74) is 2.07. The van der Waals surface area contributed by atoms with Crippen molar-refractivity contribution in [2.24, 2.45) is 0 Å². The van der Waals surface area contributed by atoms with Crippen molar-refractivity contribution in [3.63, 3.8) is 0 Å². The molecule has 0 aliphatic carbocycles. The Kier molecular flexibility index (Phi) is 3.26. The molecule has 2 aliphatic rings. The van der Waals surface area contributed by atoms with Gasteiger partial charge in [-0.15, -0.1) is 0 Å². The van der Waals surface area contributed by atoms with Crippen LogP contribution in [0.1, 0.15) is 17.2 Å². The van der Waals surface area contributed by atoms with Crippen molar-refractivity contribution in [3.05, 3.63) is 53.6 Å². The van der Waals surface area contributed by atoms with Gasteiger partial charge in [0.25, 0.3) is 5.91 Å². The first-order chi connectivity index (χ1) is 11.6. The van der Waals surface area contributed by atoms with Gasteiger partial charge in [0.05, 0.1) is 6.54 Å². The lowest BCUT2D eigenvalue weighted by Crippen LogP contribution is -2.35. The van der Waals surface area contributed by atoms with Gasteiger partial charge in [-0.2, -0.15) is 0 Å². The number of anilines is 1. The average molecular weight is 326 g/mol. The number of hydrogen-bond acceptors (Lipinski definition) is 4. The number of benzene rings is 2. The van der Waals surface area contributed by atoms with Crippen LogP contribution in [0, 0.1) is 0 Å². The normalized spacial score (nSPS) is 17.5. The van der Waals surface area contributed by atoms with Crippen molar-refractivity contribution >= 4 is 17.7 Å². The Morgan fingerprint density at radius 2 is 1.92 bits per heavy atom. The predicted octanol–water partition coefficient (Wildman–Crippen LogP) is 2.59. The van der Waals surface area contributed by atoms with Gasteiger partial charge in [0, 0.05) is 11.8 Å². The highest BCUT2D eigenvalue weighted by Crippen LogP contribution is 2.37. The molecule has 0 saturated carbocycles. The van der Waals surface area contributed by atoms with E-state index in [0.717, 1.165) is 10.5 Å². The van der Waals surface area contributed by atoms with Crippen LogP contribution < -0.4 is 14.8 Å². The number of nitrogens with one attached hydrogen (secondary N) is 1. The van der Waals surface area contributed by atoms with E-state index in [-0.39, 0.29) is 13.3 Å². The maximum absolute atomic E-state index is 12.7. The third-order valence-corrected chi connectivity index (χ3v) is 4.14. The molecule has 2 heterocycles. The summed E-state index contributed by atoms with van der Waals surface area (Å²) < 4.78 is 10.5. The summed E-state index contributed by atoms with van der Waals surface area (Å²) in [5.74, 6) is 0.766. The van der Waals surface area contributed by atoms with E-state index < -0.39 is 18.0 Å². The van der Waals surface area contributed by atoms with E-state index >= 15 is 0 Å². The Morgan fingerprint density at radius 1 is 1.12 bits per heavy atom. The van der Waals surface area contributed by atoms with Gasteiger partial charge >= 0.3 is 6.09 Å². The molecule has 2 aliphatic heterocycles. The largest absolute Gasteiger partial charge is 0.465 e. The van der Waals surface area contributed by atoms with E-state index in [4.69, 9.17) is 9.47 Å². The molecule has 0 saturated heterocycles. The first-order valence-corrected chi connectivity index (χ1v) is 7.41. The van der Waals surface area contributed by atoms with Crippen LogP contribution in [0.4, 0.5) is 10.5 Å². The van der Waals surface area contributed by atoms with Gasteiger partial charge in [0.2, 0.25) is 6.79 Å². The zero-order valence-corrected chi connectivity index (χ0v) is 12.6. The molecule has 7 nitrogen and oxygen atoms in total. The van der Waals surface area contributed by atoms with Crippen LogP contribution in [0.3, 0.4) is 0 Å². The first-order valence-electron chi connectivity index (χ1n) is 7.41. The fourth-order valence-corrected chi connectivity index (χ4v) is 3.03. The van der Waals surface area contributed by atoms with Crippen LogP contribution in [0.25, 0.3) is 0 Å². The van der Waals surface area contributed by atoms with Crippen molar-refractivity contribution in [1.82, 2.24) is 4.90 Å². The molecule has 0 radical (unpaired) electrons. The molecule has 0 spiro atoms. The Balaban J connectivity index is 1.61. The number of hydrogen-bond donors (Lipinski definition) is 2. The Labute approximate surface area is 137 Å². The number of ether oxygens (including phenoxy) is 2. The molecule has 0 fully saturated rings. The summed E-state index contributed by atoms with van der Waals surface area (Å²) in [5, 5.41) is 12.2. The van der Waals surface area contributed by atoms with Gasteiger partial charge in [-0.1, -0.05) is 24.3 Å². The van der Waals surface area contributed by atoms with Crippen molar-refractivity contribution in [2.45, 2.75) is 12.6 Å². The smallest absolute Gasteiger partial charge is 0.408 e. The fourth-order valence-electron chi connectivity index (χ4n) is 3.03. The Morgan fingerprint density at radius 3 is 2.75 bits per heavy atom. The Hall–Kier alpha value is -3.22. The average Bonchev–Trinajstić information content (AvgIpc) is 3.18. The zero-order valence-electron chi connectivity index (χ0n) is 12.6. The van der Waals surface area contributed by atoms with Crippen LogP contribution in [-0.2, 0) is 11.3 Å². The first kappa shape index (κ1) is 14.4. The molecule has 1 atom stereocenters. The minimum atomic E-state index is -1.13. The highest BCUT2D eigenvalue weighted by atomic mass is 16.7. The van der Waals surface area contributed by atoms with Crippen molar-refractivity contribution in [1.29, 1.82) is 0 Å². The van der Waals surface area contributed by atoms with E-state index in [1.165, 1.54) is 0 Å². The van der Waals surface area contributed by atoms with Crippen LogP contribution in [0.2, 0.25) is 0 Å². The van der Waals surface area contributed by atoms with Crippen LogP contribution in [0.5, 0.6) is 11.5 Å². The second-order valence-electron chi connectivity index (χ2n) is 5.57. The molecule has 7 heteroatoms. The van der Waals surface area contributed by atoms with Gasteiger partial charge in [-0.05, 0) is 23.3 Å². The third kappa shape index (κ3) is 2.30. The van der Waals surface area contributed by atoms with E-state index in [1.807, 2.05) is 12.1 Å². The number of carbonyl (C=O) groups excluding carboxylic acids is 1. The lowest BCUT2D eigenvalue weighted by molar-refractivity contribution is -0.120. The molecule has 4 rings (SSSR count). The standard InChI is InChI=1S/C17H14N2O5/c20-16(18-11-5-6-13-14(7-11)24-9-23-13)15-12-4-2-1-3-10(12)8-19(15)17(21)22/h1-7,15H,8-9H2,(H,18,20)(H,21,22). The number of amides is 2. The minimum Gasteiger partial charge on any atom is -0.465 e. The summed E-state index contributed by atoms with van der Waals surface area (Å²) in [6, 6.07) is 11.4. The highest BCUT2D eigenvalue weighted by molar-refractivity contribution is 5.98. The number of rotatable bonds is 2. The van der Waals surface area contributed by atoms with Crippen molar-refractivity contribution in [2.75, 3.05) is 12.1 Å². The van der Waals surface area contributed by atoms with Gasteiger partial charge in [0.15, 0.2) is 11.5 Å². The maximum atomic E-state index is 12.7. The lowest BCUT2D eigenvalue weighted by Gasteiger charge is -2.21. The molecular weight excluding hydrogens is 312 g/mol. The summed E-state index contributed by atoms with van der Waals surface area (Å²) in [7, 11) is 0. The predicted molar refractivity (Wildman–Crippen MR) is 83.9 cm³/mol. The van der Waals surface area contributed by atoms with Crippen LogP contribution in [-0.4, -0.2) is 28.8 Å². The quantitative estimate of drug-likeness (QED) is 0.885. The molecule has 2 N–H and O–H groups in total. The van der Waals surface area contributed by atoms with Gasteiger partial charge in [-0.25, -0.2) is 4.79 Å². The van der Waals surface area contributed by atoms with Gasteiger partial charge in [0.1, 0.15) is 6.04 Å². The molecule has 0 bridgehead atoms. The summed E-state index contributed by atoms with van der Waals surface area (Å²) >= 11 is 0. The molecule has 2 aromatic carbocycles. The molecule has 0 aromatic heterocycles. The third-order valence-electron chi connectivity index (χ3n) is 4.14. The molecular formula is C17H14N2O5. The maximum Gasteiger partial charge on any atom is 0.408 e. The van der Waals surface area contributed by atoms with E-state index in [9.17, 15) is 14.7 Å². The molecule has 1 unspecified atom stereocenters. The Bertz CT molecular complexity index is 835. The number of fused-ring (bicyclic) bond motifs is 2. The fraction of sp³-hybridized carbons (Fsp3) is 0.176. The molecule has 2 aromatic rings. The SMILES string of the molecule is O=C(Nc1ccc2c(c1)OCO2)C1c2ccccc2CN1C(=O)O. The molecule has 2 amide bonds. The summed E-state index contributed by atoms with van der Waals surface area (Å²) in [6.07, 6.45) is -1.13. The second kappa shape index (κ2) is 5.45. The zero-order chi connectivity index (χ0) is 16.7. The topological polar surface area (TPSA) is 88.1 Å². The number of carbonyl (C=O) groups is 2. The molecule has 122 valence electrons. The summed E-state index contributed by atoms with van der Waals surface area (Å²) in [4.78, 5) is 25.3. The monoisotopic (exact) mass is 326 g/mol. The van der Waals surface area contributed by atoms with Gasteiger partial charge in [-0.3, -0.25) is 9.69 Å². The molecule has 24 heavy (non-hydrogen) atoms. The van der Waals surface area contributed by atoms with Gasteiger partial charge < -0.3 is 19.9 Å². The summed E-state index contributed by atoms with van der Waals surface area (Å²) in [6.45, 7) is 0.347. The lowest BCUT2D eigenvalue weighted by atomic mass is 10.0. The van der Waals surface area contributed by atoms with E-state index in [1.54, 1.807) is 30.3 Å². The van der Waals surface area contributed by atoms with E-state index in [2.05, 4.69) is 5.32 Å². The second-order valence-corrected chi connectivity index (χ2v) is 5.57. The van der Waals surface area contributed by atoms with Crippen LogP contribution in [0.15, 0.2) is 42.5 Å². The van der Waals surface area contributed by atoms with Crippen LogP contribution >= 0.6 is 0 Å². The van der Waals surface area contributed by atoms with E-state index in [0.29, 0.717) is 22.7 Å². The minimum absolute atomic E-state index is 0.148. The number of carboxylic acid groups (broad SMARTS) is 1. The van der Waals surface area contributed by atoms with Crippen molar-refractivity contribution in [3.8, 4) is 11.5 Å². The highest BCUT2D eigenvalue weighted by Gasteiger charge is 2.38. The van der Waals surface area contributed by atoms with Crippen molar-refractivity contribution < 1.29 is 24.2 Å². The number of nitrogens with zero attached hydrogens (tertiary/aromatic N) is 1.